The quantitative estimate of drug-likeness (QED) is 0.0195. The van der Waals surface area contributed by atoms with Crippen molar-refractivity contribution in [3.05, 3.63) is 117 Å². The lowest BCUT2D eigenvalue weighted by atomic mass is 10.0. The standard InChI is InChI=1S/C34H54N2O10P2.C25H33NO4.C6H12F3O6PS.C5H13N.C3H8/c1-9-41-47(37,42-10-2)25-35(21-27-15-13-17-29-23-39-33(5,6)45-31(27)29)19-20-36(26-48(38,43-11-3)44-12-4)22-28-16-14-18-30-24-40-34(7,8)46-32(28)30;1-24(2)27-16-20-12-7-10-18(22(20)29-24)9-5-6-14-26-15-19-11-8-13-21-17-28-25(3,4)30-23(19)21;1-3-13-16(10,14-4-2)5-15-17(11,12)6(7,8)9;1-4-6(3)5-2;1-3-2/h13-18H,9-12,19-26H2,1-8H3;7-8,10-13,26H,5-6,9,14-17H2,1-4H3;3-5H2,1-2H3;4-5H2,1-3H3;3H2,1-2H3. The normalized spacial score (nSPS) is 16.3. The van der Waals surface area contributed by atoms with Crippen LogP contribution in [0.5, 0.6) is 23.0 Å². The Balaban J connectivity index is 0.000000345. The van der Waals surface area contributed by atoms with Crippen LogP contribution in [0.3, 0.4) is 0 Å². The minimum atomic E-state index is -5.80. The van der Waals surface area contributed by atoms with E-state index in [2.05, 4.69) is 94.6 Å². The lowest BCUT2D eigenvalue weighted by Gasteiger charge is -2.36. The number of fused-ring (bicyclic) bond motifs is 4. The number of ether oxygens (including phenoxy) is 8. The van der Waals surface area contributed by atoms with E-state index in [1.807, 2.05) is 102 Å². The average molecular weight is 1560 g/mol. The van der Waals surface area contributed by atoms with E-state index in [1.54, 1.807) is 27.7 Å². The van der Waals surface area contributed by atoms with Crippen molar-refractivity contribution in [2.24, 2.45) is 0 Å². The van der Waals surface area contributed by atoms with Crippen LogP contribution in [-0.4, -0.2) is 150 Å². The summed E-state index contributed by atoms with van der Waals surface area (Å²) in [6, 6.07) is 24.6. The van der Waals surface area contributed by atoms with Crippen LogP contribution in [0.4, 0.5) is 13.2 Å². The molecule has 0 fully saturated rings. The van der Waals surface area contributed by atoms with Gasteiger partial charge in [-0.3, -0.25) is 27.7 Å². The molecule has 1 N–H and O–H groups in total. The lowest BCUT2D eigenvalue weighted by Crippen LogP contribution is -2.39. The summed E-state index contributed by atoms with van der Waals surface area (Å²) in [5, 5.41) is 3.57. The van der Waals surface area contributed by atoms with Gasteiger partial charge in [-0.25, -0.2) is 0 Å². The van der Waals surface area contributed by atoms with E-state index >= 15 is 0 Å². The second-order valence-electron chi connectivity index (χ2n) is 26.5. The lowest BCUT2D eigenvalue weighted by molar-refractivity contribution is -0.181. The smallest absolute Gasteiger partial charge is 0.462 e. The molecule has 0 amide bonds. The molecule has 0 unspecified atom stereocenters. The van der Waals surface area contributed by atoms with Crippen molar-refractivity contribution >= 4 is 32.9 Å². The minimum absolute atomic E-state index is 0.0516. The molecule has 0 saturated carbocycles. The molecule has 104 heavy (non-hydrogen) atoms. The van der Waals surface area contributed by atoms with Gasteiger partial charge in [-0.1, -0.05) is 107 Å². The topological polar surface area (TPSA) is 246 Å². The van der Waals surface area contributed by atoms with Gasteiger partial charge in [-0.15, -0.1) is 0 Å². The maximum Gasteiger partial charge on any atom is 0.523 e. The Hall–Kier alpha value is -4.09. The first-order chi connectivity index (χ1) is 48.9. The van der Waals surface area contributed by atoms with Crippen LogP contribution in [0.25, 0.3) is 0 Å². The van der Waals surface area contributed by atoms with Gasteiger partial charge in [0.25, 0.3) is 0 Å². The molecule has 4 heterocycles. The van der Waals surface area contributed by atoms with Crippen LogP contribution < -0.4 is 24.3 Å². The van der Waals surface area contributed by atoms with Crippen LogP contribution in [0.2, 0.25) is 0 Å². The number of rotatable bonds is 35. The number of para-hydroxylation sites is 4. The number of benzene rings is 4. The molecule has 31 heteroatoms. The van der Waals surface area contributed by atoms with E-state index < -0.39 is 67.9 Å². The first-order valence-corrected chi connectivity index (χ1v) is 42.6. The van der Waals surface area contributed by atoms with E-state index in [-0.39, 0.29) is 52.2 Å². The summed E-state index contributed by atoms with van der Waals surface area (Å²) in [5.74, 6) is 0.806. The Morgan fingerprint density at radius 2 is 0.779 bits per heavy atom. The van der Waals surface area contributed by atoms with Crippen LogP contribution in [0.1, 0.15) is 188 Å². The van der Waals surface area contributed by atoms with Gasteiger partial charge in [0.2, 0.25) is 23.1 Å². The van der Waals surface area contributed by atoms with E-state index in [0.29, 0.717) is 52.6 Å². The molecule has 0 saturated heterocycles. The van der Waals surface area contributed by atoms with E-state index in [4.69, 9.17) is 56.0 Å². The molecule has 4 aromatic rings. The fourth-order valence-corrected chi connectivity index (χ4v) is 16.3. The maximum absolute atomic E-state index is 13.9. The molecular formula is C73H120F3N4O20P3S. The highest BCUT2D eigenvalue weighted by atomic mass is 32.2. The molecule has 24 nitrogen and oxygen atoms in total. The van der Waals surface area contributed by atoms with E-state index in [9.17, 15) is 35.3 Å². The summed E-state index contributed by atoms with van der Waals surface area (Å²) < 4.78 is 180. The van der Waals surface area contributed by atoms with Crippen LogP contribution in [0, 0.1) is 0 Å². The molecule has 0 atom stereocenters. The summed E-state index contributed by atoms with van der Waals surface area (Å²) in [5.41, 5.74) is 2.90. The minimum Gasteiger partial charge on any atom is -0.462 e. The van der Waals surface area contributed by atoms with Gasteiger partial charge >= 0.3 is 38.4 Å². The Labute approximate surface area is 618 Å². The van der Waals surface area contributed by atoms with Gasteiger partial charge in [-0.05, 0) is 93.1 Å². The third-order valence-corrected chi connectivity index (χ3v) is 22.7. The van der Waals surface area contributed by atoms with Crippen molar-refractivity contribution in [2.75, 3.05) is 98.3 Å². The second-order valence-corrected chi connectivity index (χ2v) is 34.1. The molecule has 4 aliphatic rings. The summed E-state index contributed by atoms with van der Waals surface area (Å²) in [4.78, 5) is 6.33. The molecule has 0 bridgehead atoms. The number of hydrogen-bond donors (Lipinski definition) is 1. The fourth-order valence-electron chi connectivity index (χ4n) is 10.6. The summed E-state index contributed by atoms with van der Waals surface area (Å²) in [7, 11) is -14.6. The Morgan fingerprint density at radius 3 is 1.10 bits per heavy atom. The van der Waals surface area contributed by atoms with Crippen LogP contribution in [-0.2, 0) is 127 Å². The van der Waals surface area contributed by atoms with Crippen molar-refractivity contribution in [1.82, 2.24) is 20.0 Å². The van der Waals surface area contributed by atoms with Crippen molar-refractivity contribution in [3.8, 4) is 23.0 Å². The fraction of sp³-hybridized carbons (Fsp3) is 0.671. The number of nitrogens with one attached hydrogen (secondary N) is 1. The average Bonchev–Trinajstić information content (AvgIpc) is 0.818. The van der Waals surface area contributed by atoms with Gasteiger partial charge in [0.1, 0.15) is 35.6 Å². The predicted octanol–water partition coefficient (Wildman–Crippen LogP) is 17.3. The molecule has 4 aliphatic heterocycles. The summed E-state index contributed by atoms with van der Waals surface area (Å²) in [6.45, 7) is 42.6. The number of nitrogens with zero attached hydrogens (tertiary/aromatic N) is 3. The highest BCUT2D eigenvalue weighted by Gasteiger charge is 2.49. The zero-order chi connectivity index (χ0) is 77.6. The number of hydrogen-bond acceptors (Lipinski definition) is 24. The molecule has 8 rings (SSSR count). The SMILES string of the molecule is CC1(C)OCc2cccc(CCCCNCc3cccc4c3OC(C)(C)OC4)c2O1.CCC.CCN(C)CC.CCOP(=O)(CN(CCN(Cc1cccc2c1OC(C)(C)OC2)CP(=O)(OCC)OCC)Cc1cccc2c1OC(C)(C)OC2)OCC.CCOP(=O)(COS(=O)(=O)C(F)(F)F)OCC. The Kier molecular flexibility index (Phi) is 38.5. The summed E-state index contributed by atoms with van der Waals surface area (Å²) >= 11 is 0. The highest BCUT2D eigenvalue weighted by molar-refractivity contribution is 7.87. The predicted molar refractivity (Wildman–Crippen MR) is 397 cm³/mol. The zero-order valence-electron chi connectivity index (χ0n) is 65.0. The molecule has 0 aliphatic carbocycles. The molecular weight excluding hydrogens is 1430 g/mol. The highest BCUT2D eigenvalue weighted by Crippen LogP contribution is 2.52. The first kappa shape index (κ1) is 92.3. The number of aryl methyl sites for hydroxylation is 1. The van der Waals surface area contributed by atoms with E-state index in [0.717, 1.165) is 102 Å². The van der Waals surface area contributed by atoms with Crippen molar-refractivity contribution in [3.63, 3.8) is 0 Å². The number of halogens is 3. The van der Waals surface area contributed by atoms with Crippen molar-refractivity contribution in [2.45, 2.75) is 225 Å². The van der Waals surface area contributed by atoms with Gasteiger partial charge in [-0.2, -0.15) is 21.6 Å². The Morgan fingerprint density at radius 1 is 0.471 bits per heavy atom. The second kappa shape index (κ2) is 43.3. The van der Waals surface area contributed by atoms with Gasteiger partial charge < -0.3 is 75.3 Å². The maximum atomic E-state index is 13.9. The van der Waals surface area contributed by atoms with Crippen LogP contribution in [0.15, 0.2) is 72.8 Å². The molecule has 594 valence electrons. The zero-order valence-corrected chi connectivity index (χ0v) is 68.5. The molecule has 0 spiro atoms. The van der Waals surface area contributed by atoms with Gasteiger partial charge in [0.05, 0.1) is 66.1 Å². The van der Waals surface area contributed by atoms with Crippen molar-refractivity contribution < 1.29 is 105 Å². The number of alkyl halides is 3. The van der Waals surface area contributed by atoms with Crippen molar-refractivity contribution in [1.29, 1.82) is 0 Å². The van der Waals surface area contributed by atoms with E-state index in [1.165, 1.54) is 31.4 Å². The number of unbranched alkanes of at least 4 members (excludes halogenated alkanes) is 1. The largest absolute Gasteiger partial charge is 0.523 e. The third-order valence-electron chi connectivity index (χ3n) is 15.7. The monoisotopic (exact) mass is 1550 g/mol. The van der Waals surface area contributed by atoms with Crippen LogP contribution >= 0.6 is 22.8 Å². The Bertz CT molecular complexity index is 3280. The molecule has 0 radical (unpaired) electrons. The first-order valence-electron chi connectivity index (χ1n) is 36.0. The third kappa shape index (κ3) is 31.1. The van der Waals surface area contributed by atoms with Gasteiger partial charge in [0.15, 0.2) is 6.35 Å². The summed E-state index contributed by atoms with van der Waals surface area (Å²) in [6.07, 6.45) is 3.27. The van der Waals surface area contributed by atoms with Gasteiger partial charge in [0, 0.05) is 127 Å². The molecule has 0 aromatic heterocycles. The molecule has 4 aromatic carbocycles.